The van der Waals surface area contributed by atoms with Crippen LogP contribution in [0.2, 0.25) is 0 Å². The van der Waals surface area contributed by atoms with Crippen LogP contribution in [-0.4, -0.2) is 11.5 Å². The average molecular weight is 263 g/mol. The molecule has 1 aliphatic carbocycles. The van der Waals surface area contributed by atoms with Gasteiger partial charge in [0.15, 0.2) is 0 Å². The monoisotopic (exact) mass is 263 g/mol. The first-order valence-corrected chi connectivity index (χ1v) is 7.13. The van der Waals surface area contributed by atoms with E-state index in [-0.39, 0.29) is 5.69 Å². The third-order valence-electron chi connectivity index (χ3n) is 3.80. The first kappa shape index (κ1) is 13.8. The minimum atomic E-state index is -0.396. The van der Waals surface area contributed by atoms with Gasteiger partial charge in [-0.05, 0) is 30.9 Å². The third kappa shape index (κ3) is 4.54. The maximum Gasteiger partial charge on any atom is 0.269 e. The summed E-state index contributed by atoms with van der Waals surface area (Å²) < 4.78 is 5.61. The Balaban J connectivity index is 1.66. The summed E-state index contributed by atoms with van der Waals surface area (Å²) in [5, 5.41) is 10.5. The van der Waals surface area contributed by atoms with E-state index in [2.05, 4.69) is 0 Å². The predicted octanol–water partition coefficient (Wildman–Crippen LogP) is 4.33. The van der Waals surface area contributed by atoms with Crippen LogP contribution in [0, 0.1) is 16.0 Å². The van der Waals surface area contributed by atoms with Crippen molar-refractivity contribution < 1.29 is 9.66 Å². The summed E-state index contributed by atoms with van der Waals surface area (Å²) in [5.41, 5.74) is 0.106. The highest BCUT2D eigenvalue weighted by Crippen LogP contribution is 2.27. The summed E-state index contributed by atoms with van der Waals surface area (Å²) in [7, 11) is 0. The predicted molar refractivity (Wildman–Crippen MR) is 74.4 cm³/mol. The van der Waals surface area contributed by atoms with Crippen molar-refractivity contribution in [1.82, 2.24) is 0 Å². The zero-order valence-electron chi connectivity index (χ0n) is 11.2. The van der Waals surface area contributed by atoms with Crippen LogP contribution in [0.25, 0.3) is 0 Å². The number of hydrogen-bond acceptors (Lipinski definition) is 3. The van der Waals surface area contributed by atoms with E-state index < -0.39 is 4.92 Å². The van der Waals surface area contributed by atoms with Gasteiger partial charge in [0, 0.05) is 12.1 Å². The molecule has 4 heteroatoms. The fourth-order valence-corrected chi connectivity index (χ4v) is 2.70. The fraction of sp³-hybridized carbons (Fsp3) is 0.600. The van der Waals surface area contributed by atoms with Crippen molar-refractivity contribution in [3.8, 4) is 5.75 Å². The third-order valence-corrected chi connectivity index (χ3v) is 3.80. The second-order valence-electron chi connectivity index (χ2n) is 5.25. The summed E-state index contributed by atoms with van der Waals surface area (Å²) in [6, 6.07) is 6.30. The van der Waals surface area contributed by atoms with E-state index in [1.807, 2.05) is 0 Å². The largest absolute Gasteiger partial charge is 0.494 e. The lowest BCUT2D eigenvalue weighted by atomic mass is 9.86. The molecule has 1 fully saturated rings. The van der Waals surface area contributed by atoms with Gasteiger partial charge in [-0.1, -0.05) is 32.1 Å². The molecule has 1 saturated carbocycles. The van der Waals surface area contributed by atoms with E-state index >= 15 is 0 Å². The number of rotatable bonds is 6. The van der Waals surface area contributed by atoms with E-state index in [0.29, 0.717) is 12.4 Å². The Bertz CT molecular complexity index is 396. The van der Waals surface area contributed by atoms with Gasteiger partial charge in [-0.3, -0.25) is 10.1 Å². The van der Waals surface area contributed by atoms with Crippen LogP contribution in [0.1, 0.15) is 44.9 Å². The molecule has 0 radical (unpaired) electrons. The molecule has 0 aliphatic heterocycles. The molecule has 0 spiro atoms. The number of nitrogens with zero attached hydrogens (tertiary/aromatic N) is 1. The molecule has 0 amide bonds. The van der Waals surface area contributed by atoms with Crippen molar-refractivity contribution in [3.05, 3.63) is 34.4 Å². The highest BCUT2D eigenvalue weighted by atomic mass is 16.6. The lowest BCUT2D eigenvalue weighted by Crippen LogP contribution is -2.08. The molecule has 2 rings (SSSR count). The summed E-state index contributed by atoms with van der Waals surface area (Å²) in [6.45, 7) is 0.703. The van der Waals surface area contributed by atoms with Gasteiger partial charge in [-0.2, -0.15) is 0 Å². The van der Waals surface area contributed by atoms with Crippen molar-refractivity contribution >= 4 is 5.69 Å². The minimum absolute atomic E-state index is 0.106. The molecule has 0 atom stereocenters. The van der Waals surface area contributed by atoms with Gasteiger partial charge in [-0.15, -0.1) is 0 Å². The van der Waals surface area contributed by atoms with Crippen molar-refractivity contribution in [2.75, 3.05) is 6.61 Å². The van der Waals surface area contributed by atoms with Gasteiger partial charge in [0.05, 0.1) is 11.5 Å². The highest BCUT2D eigenvalue weighted by molar-refractivity contribution is 5.35. The summed E-state index contributed by atoms with van der Waals surface area (Å²) in [5.74, 6) is 1.60. The summed E-state index contributed by atoms with van der Waals surface area (Å²) in [4.78, 5) is 10.1. The van der Waals surface area contributed by atoms with Gasteiger partial charge in [0.1, 0.15) is 5.75 Å². The van der Waals surface area contributed by atoms with Crippen LogP contribution in [0.3, 0.4) is 0 Å². The van der Waals surface area contributed by atoms with Crippen LogP contribution in [-0.2, 0) is 0 Å². The van der Waals surface area contributed by atoms with Crippen LogP contribution < -0.4 is 4.74 Å². The minimum Gasteiger partial charge on any atom is -0.494 e. The highest BCUT2D eigenvalue weighted by Gasteiger charge is 2.12. The number of nitro groups is 1. The molecule has 104 valence electrons. The number of nitro benzene ring substituents is 1. The number of non-ortho nitro benzene ring substituents is 1. The van der Waals surface area contributed by atoms with E-state index in [9.17, 15) is 10.1 Å². The standard InChI is InChI=1S/C15H21NO3/c17-16(18)14-8-10-15(11-9-14)19-12-4-7-13-5-2-1-3-6-13/h8-11,13H,1-7,12H2. The van der Waals surface area contributed by atoms with Crippen molar-refractivity contribution in [2.45, 2.75) is 44.9 Å². The smallest absolute Gasteiger partial charge is 0.269 e. The molecule has 0 unspecified atom stereocenters. The molecule has 1 aromatic rings. The Morgan fingerprint density at radius 2 is 1.84 bits per heavy atom. The SMILES string of the molecule is O=[N+]([O-])c1ccc(OCCCC2CCCCC2)cc1. The van der Waals surface area contributed by atoms with Crippen LogP contribution in [0.5, 0.6) is 5.75 Å². The van der Waals surface area contributed by atoms with E-state index in [4.69, 9.17) is 4.74 Å². The van der Waals surface area contributed by atoms with Gasteiger partial charge >= 0.3 is 0 Å². The van der Waals surface area contributed by atoms with E-state index in [0.717, 1.165) is 12.3 Å². The lowest BCUT2D eigenvalue weighted by molar-refractivity contribution is -0.384. The molecule has 1 aromatic carbocycles. The molecule has 0 aromatic heterocycles. The molecular formula is C15H21NO3. The van der Waals surface area contributed by atoms with E-state index in [1.165, 1.54) is 50.7 Å². The van der Waals surface area contributed by atoms with Crippen LogP contribution >= 0.6 is 0 Å². The Kier molecular flexibility index (Phi) is 5.19. The van der Waals surface area contributed by atoms with Gasteiger partial charge in [0.2, 0.25) is 0 Å². The van der Waals surface area contributed by atoms with Gasteiger partial charge in [-0.25, -0.2) is 0 Å². The second kappa shape index (κ2) is 7.12. The Morgan fingerprint density at radius 3 is 2.47 bits per heavy atom. The summed E-state index contributed by atoms with van der Waals surface area (Å²) in [6.07, 6.45) is 9.22. The molecule has 0 heterocycles. The molecular weight excluding hydrogens is 242 g/mol. The Hall–Kier alpha value is -1.58. The molecule has 1 aliphatic rings. The van der Waals surface area contributed by atoms with Gasteiger partial charge in [0.25, 0.3) is 5.69 Å². The molecule has 4 nitrogen and oxygen atoms in total. The average Bonchev–Trinajstić information content (AvgIpc) is 2.45. The summed E-state index contributed by atoms with van der Waals surface area (Å²) >= 11 is 0. The maximum atomic E-state index is 10.5. The van der Waals surface area contributed by atoms with Crippen molar-refractivity contribution in [1.29, 1.82) is 0 Å². The molecule has 0 N–H and O–H groups in total. The fourth-order valence-electron chi connectivity index (χ4n) is 2.70. The number of benzene rings is 1. The molecule has 0 saturated heterocycles. The van der Waals surface area contributed by atoms with Crippen LogP contribution in [0.15, 0.2) is 24.3 Å². The number of ether oxygens (including phenoxy) is 1. The first-order chi connectivity index (χ1) is 9.25. The zero-order valence-corrected chi connectivity index (χ0v) is 11.2. The molecule has 0 bridgehead atoms. The number of hydrogen-bond donors (Lipinski definition) is 0. The lowest BCUT2D eigenvalue weighted by Gasteiger charge is -2.21. The maximum absolute atomic E-state index is 10.5. The van der Waals surface area contributed by atoms with E-state index in [1.54, 1.807) is 12.1 Å². The topological polar surface area (TPSA) is 52.4 Å². The zero-order chi connectivity index (χ0) is 13.5. The Labute approximate surface area is 113 Å². The van der Waals surface area contributed by atoms with Crippen LogP contribution in [0.4, 0.5) is 5.69 Å². The quantitative estimate of drug-likeness (QED) is 0.436. The first-order valence-electron chi connectivity index (χ1n) is 7.13. The Morgan fingerprint density at radius 1 is 1.16 bits per heavy atom. The normalized spacial score (nSPS) is 16.2. The van der Waals surface area contributed by atoms with Crippen molar-refractivity contribution in [3.63, 3.8) is 0 Å². The van der Waals surface area contributed by atoms with Gasteiger partial charge < -0.3 is 4.74 Å². The second-order valence-corrected chi connectivity index (χ2v) is 5.25. The van der Waals surface area contributed by atoms with Crippen molar-refractivity contribution in [2.24, 2.45) is 5.92 Å². The molecule has 19 heavy (non-hydrogen) atoms.